The summed E-state index contributed by atoms with van der Waals surface area (Å²) in [5.41, 5.74) is 6.43. The van der Waals surface area contributed by atoms with E-state index in [1.165, 1.54) is 0 Å². The van der Waals surface area contributed by atoms with Crippen LogP contribution in [0.2, 0.25) is 0 Å². The SMILES string of the molecule is Nc1cc(F)cc(F)c1NC(=O)c1ccc2c(c1)CCO2. The van der Waals surface area contributed by atoms with Gasteiger partial charge in [0.1, 0.15) is 17.3 Å². The third kappa shape index (κ3) is 2.52. The van der Waals surface area contributed by atoms with Crippen LogP contribution >= 0.6 is 0 Å². The van der Waals surface area contributed by atoms with E-state index in [2.05, 4.69) is 5.32 Å². The van der Waals surface area contributed by atoms with Gasteiger partial charge in [0.05, 0.1) is 12.3 Å². The van der Waals surface area contributed by atoms with Crippen LogP contribution in [0.15, 0.2) is 30.3 Å². The fourth-order valence-corrected chi connectivity index (χ4v) is 2.24. The number of fused-ring (bicyclic) bond motifs is 1. The maximum absolute atomic E-state index is 13.7. The number of nitrogens with two attached hydrogens (primary N) is 1. The molecule has 0 fully saturated rings. The highest BCUT2D eigenvalue weighted by Gasteiger charge is 2.17. The normalized spacial score (nSPS) is 12.7. The van der Waals surface area contributed by atoms with E-state index >= 15 is 0 Å². The van der Waals surface area contributed by atoms with Gasteiger partial charge in [-0.05, 0) is 29.8 Å². The molecule has 0 aromatic heterocycles. The lowest BCUT2D eigenvalue weighted by Gasteiger charge is -2.10. The lowest BCUT2D eigenvalue weighted by atomic mass is 10.1. The molecule has 2 aromatic carbocycles. The molecular weight excluding hydrogens is 278 g/mol. The Hall–Kier alpha value is -2.63. The number of carbonyl (C=O) groups excluding carboxylic acids is 1. The first kappa shape index (κ1) is 13.4. The Morgan fingerprint density at radius 1 is 1.24 bits per heavy atom. The average Bonchev–Trinajstić information content (AvgIpc) is 2.89. The highest BCUT2D eigenvalue weighted by atomic mass is 19.1. The molecule has 0 aliphatic carbocycles. The molecule has 0 saturated carbocycles. The minimum atomic E-state index is -0.912. The van der Waals surface area contributed by atoms with Crippen molar-refractivity contribution >= 4 is 17.3 Å². The molecule has 108 valence electrons. The lowest BCUT2D eigenvalue weighted by Crippen LogP contribution is -2.15. The van der Waals surface area contributed by atoms with Crippen LogP contribution in [-0.4, -0.2) is 12.5 Å². The van der Waals surface area contributed by atoms with Crippen LogP contribution < -0.4 is 15.8 Å². The standard InChI is InChI=1S/C15H12F2N2O2/c16-10-6-11(17)14(12(18)7-10)19-15(20)9-1-2-13-8(5-9)3-4-21-13/h1-2,5-7H,3-4,18H2,(H,19,20). The van der Waals surface area contributed by atoms with Crippen molar-refractivity contribution in [2.45, 2.75) is 6.42 Å². The number of nitrogens with one attached hydrogen (secondary N) is 1. The number of hydrogen-bond donors (Lipinski definition) is 2. The minimum Gasteiger partial charge on any atom is -0.493 e. The molecule has 1 aliphatic rings. The Bertz CT molecular complexity index is 709. The first-order valence-electron chi connectivity index (χ1n) is 6.36. The molecule has 6 heteroatoms. The number of rotatable bonds is 2. The molecular formula is C15H12F2N2O2. The lowest BCUT2D eigenvalue weighted by molar-refractivity contribution is 0.102. The predicted molar refractivity (Wildman–Crippen MR) is 74.4 cm³/mol. The van der Waals surface area contributed by atoms with E-state index in [1.807, 2.05) is 0 Å². The molecule has 1 heterocycles. The van der Waals surface area contributed by atoms with Crippen molar-refractivity contribution in [1.82, 2.24) is 0 Å². The minimum absolute atomic E-state index is 0.162. The van der Waals surface area contributed by atoms with Gasteiger partial charge in [0.2, 0.25) is 0 Å². The predicted octanol–water partition coefficient (Wildman–Crippen LogP) is 2.73. The van der Waals surface area contributed by atoms with E-state index < -0.39 is 17.5 Å². The first-order valence-corrected chi connectivity index (χ1v) is 6.36. The zero-order valence-corrected chi connectivity index (χ0v) is 11.0. The van der Waals surface area contributed by atoms with Crippen molar-refractivity contribution < 1.29 is 18.3 Å². The highest BCUT2D eigenvalue weighted by molar-refractivity contribution is 6.06. The zero-order valence-electron chi connectivity index (χ0n) is 11.0. The molecule has 3 rings (SSSR count). The maximum Gasteiger partial charge on any atom is 0.255 e. The molecule has 1 aliphatic heterocycles. The van der Waals surface area contributed by atoms with Crippen LogP contribution in [-0.2, 0) is 6.42 Å². The summed E-state index contributed by atoms with van der Waals surface area (Å²) in [7, 11) is 0. The van der Waals surface area contributed by atoms with Crippen LogP contribution in [0.5, 0.6) is 5.75 Å². The first-order chi connectivity index (χ1) is 10.0. The molecule has 0 spiro atoms. The van der Waals surface area contributed by atoms with E-state index in [0.29, 0.717) is 18.2 Å². The Morgan fingerprint density at radius 3 is 2.81 bits per heavy atom. The smallest absolute Gasteiger partial charge is 0.255 e. The molecule has 0 saturated heterocycles. The molecule has 21 heavy (non-hydrogen) atoms. The number of benzene rings is 2. The van der Waals surface area contributed by atoms with E-state index in [4.69, 9.17) is 10.5 Å². The number of amides is 1. The number of anilines is 2. The van der Waals surface area contributed by atoms with E-state index in [0.717, 1.165) is 23.8 Å². The fourth-order valence-electron chi connectivity index (χ4n) is 2.24. The van der Waals surface area contributed by atoms with E-state index in [9.17, 15) is 13.6 Å². The molecule has 4 nitrogen and oxygen atoms in total. The van der Waals surface area contributed by atoms with Crippen molar-refractivity contribution in [3.05, 3.63) is 53.1 Å². The van der Waals surface area contributed by atoms with E-state index in [-0.39, 0.29) is 11.4 Å². The maximum atomic E-state index is 13.7. The summed E-state index contributed by atoms with van der Waals surface area (Å²) in [6, 6.07) is 6.59. The van der Waals surface area contributed by atoms with Gasteiger partial charge in [0.15, 0.2) is 5.82 Å². The van der Waals surface area contributed by atoms with Gasteiger partial charge in [0, 0.05) is 18.1 Å². The van der Waals surface area contributed by atoms with Crippen molar-refractivity contribution in [3.8, 4) is 5.75 Å². The molecule has 3 N–H and O–H groups in total. The monoisotopic (exact) mass is 290 g/mol. The second kappa shape index (κ2) is 5.05. The Morgan fingerprint density at radius 2 is 2.05 bits per heavy atom. The summed E-state index contributed by atoms with van der Waals surface area (Å²) in [5.74, 6) is -1.47. The molecule has 2 aromatic rings. The van der Waals surface area contributed by atoms with Crippen molar-refractivity contribution in [2.24, 2.45) is 0 Å². The molecule has 0 radical (unpaired) electrons. The summed E-state index contributed by atoms with van der Waals surface area (Å²) in [6.07, 6.45) is 0.726. The number of ether oxygens (including phenoxy) is 1. The van der Waals surface area contributed by atoms with Gasteiger partial charge in [0.25, 0.3) is 5.91 Å². The van der Waals surface area contributed by atoms with E-state index in [1.54, 1.807) is 18.2 Å². The second-order valence-corrected chi connectivity index (χ2v) is 4.73. The summed E-state index contributed by atoms with van der Waals surface area (Å²) < 4.78 is 32.0. The van der Waals surface area contributed by atoms with Crippen LogP contribution in [0.3, 0.4) is 0 Å². The van der Waals surface area contributed by atoms with Crippen molar-refractivity contribution in [1.29, 1.82) is 0 Å². The number of halogens is 2. The largest absolute Gasteiger partial charge is 0.493 e. The zero-order chi connectivity index (χ0) is 15.0. The molecule has 1 amide bonds. The van der Waals surface area contributed by atoms with Crippen LogP contribution in [0.25, 0.3) is 0 Å². The molecule has 0 atom stereocenters. The Labute approximate surface area is 119 Å². The quantitative estimate of drug-likeness (QED) is 0.836. The van der Waals surface area contributed by atoms with Crippen molar-refractivity contribution in [3.63, 3.8) is 0 Å². The summed E-state index contributed by atoms with van der Waals surface area (Å²) in [5, 5.41) is 2.37. The van der Waals surface area contributed by atoms with Crippen LogP contribution in [0, 0.1) is 11.6 Å². The summed E-state index contributed by atoms with van der Waals surface area (Å²) >= 11 is 0. The fraction of sp³-hybridized carbons (Fsp3) is 0.133. The summed E-state index contributed by atoms with van der Waals surface area (Å²) in [4.78, 5) is 12.1. The van der Waals surface area contributed by atoms with Gasteiger partial charge in [-0.1, -0.05) is 0 Å². The molecule has 0 bridgehead atoms. The van der Waals surface area contributed by atoms with Crippen LogP contribution in [0.1, 0.15) is 15.9 Å². The second-order valence-electron chi connectivity index (χ2n) is 4.73. The number of nitrogen functional groups attached to an aromatic ring is 1. The van der Waals surface area contributed by atoms with Gasteiger partial charge in [-0.2, -0.15) is 0 Å². The van der Waals surface area contributed by atoms with Gasteiger partial charge in [-0.15, -0.1) is 0 Å². The summed E-state index contributed by atoms with van der Waals surface area (Å²) in [6.45, 7) is 0.583. The van der Waals surface area contributed by atoms with Crippen LogP contribution in [0.4, 0.5) is 20.2 Å². The molecule has 0 unspecified atom stereocenters. The van der Waals surface area contributed by atoms with Crippen molar-refractivity contribution in [2.75, 3.05) is 17.7 Å². The highest BCUT2D eigenvalue weighted by Crippen LogP contribution is 2.28. The third-order valence-electron chi connectivity index (χ3n) is 3.28. The topological polar surface area (TPSA) is 64.3 Å². The van der Waals surface area contributed by atoms with Gasteiger partial charge in [-0.25, -0.2) is 8.78 Å². The number of hydrogen-bond acceptors (Lipinski definition) is 3. The average molecular weight is 290 g/mol. The number of carbonyl (C=O) groups is 1. The Balaban J connectivity index is 1.87. The van der Waals surface area contributed by atoms with Gasteiger partial charge in [-0.3, -0.25) is 4.79 Å². The van der Waals surface area contributed by atoms with Gasteiger partial charge < -0.3 is 15.8 Å². The third-order valence-corrected chi connectivity index (χ3v) is 3.28. The Kier molecular flexibility index (Phi) is 3.21. The van der Waals surface area contributed by atoms with Gasteiger partial charge >= 0.3 is 0 Å².